The van der Waals surface area contributed by atoms with E-state index in [4.69, 9.17) is 4.99 Å². The molecule has 8 heteroatoms. The Labute approximate surface area is 161 Å². The van der Waals surface area contributed by atoms with Crippen LogP contribution in [0, 0.1) is 0 Å². The van der Waals surface area contributed by atoms with Crippen LogP contribution in [0.25, 0.3) is 0 Å². The van der Waals surface area contributed by atoms with Gasteiger partial charge < -0.3 is 15.1 Å². The monoisotopic (exact) mass is 422 g/mol. The highest BCUT2D eigenvalue weighted by molar-refractivity contribution is 9.11. The Morgan fingerprint density at radius 2 is 2.00 bits per heavy atom. The molecule has 134 valence electrons. The summed E-state index contributed by atoms with van der Waals surface area (Å²) in [6.07, 6.45) is 4.56. The van der Waals surface area contributed by atoms with Gasteiger partial charge in [-0.25, -0.2) is 9.97 Å². The van der Waals surface area contributed by atoms with E-state index >= 15 is 0 Å². The molecule has 0 spiro atoms. The van der Waals surface area contributed by atoms with Gasteiger partial charge in [0.15, 0.2) is 5.96 Å². The first-order valence-corrected chi connectivity index (χ1v) is 10.2. The van der Waals surface area contributed by atoms with E-state index in [0.29, 0.717) is 0 Å². The molecule has 3 heterocycles. The van der Waals surface area contributed by atoms with Gasteiger partial charge in [0.05, 0.1) is 3.79 Å². The van der Waals surface area contributed by atoms with Crippen molar-refractivity contribution in [3.8, 4) is 0 Å². The number of aliphatic imine (C=N–C) groups is 1. The fourth-order valence-corrected chi connectivity index (χ4v) is 4.23. The zero-order chi connectivity index (χ0) is 17.5. The number of rotatable bonds is 5. The third-order valence-corrected chi connectivity index (χ3v) is 5.68. The normalized spacial score (nSPS) is 15.5. The number of anilines is 1. The Morgan fingerprint density at radius 3 is 2.64 bits per heavy atom. The van der Waals surface area contributed by atoms with Crippen LogP contribution in [-0.2, 0) is 6.42 Å². The molecule has 0 saturated carbocycles. The Kier molecular flexibility index (Phi) is 6.63. The number of hydrogen-bond acceptors (Lipinski definition) is 5. The van der Waals surface area contributed by atoms with Gasteiger partial charge in [-0.2, -0.15) is 0 Å². The topological polar surface area (TPSA) is 56.7 Å². The van der Waals surface area contributed by atoms with Crippen LogP contribution in [0.2, 0.25) is 0 Å². The van der Waals surface area contributed by atoms with Gasteiger partial charge in [-0.3, -0.25) is 4.99 Å². The smallest absolute Gasteiger partial charge is 0.225 e. The zero-order valence-corrected chi connectivity index (χ0v) is 16.8. The van der Waals surface area contributed by atoms with Crippen molar-refractivity contribution < 1.29 is 0 Å². The molecule has 0 aliphatic carbocycles. The first kappa shape index (κ1) is 18.1. The molecule has 1 aliphatic rings. The summed E-state index contributed by atoms with van der Waals surface area (Å²) >= 11 is 5.29. The molecule has 1 saturated heterocycles. The second-order valence-electron chi connectivity index (χ2n) is 5.71. The van der Waals surface area contributed by atoms with Crippen molar-refractivity contribution in [3.63, 3.8) is 0 Å². The van der Waals surface area contributed by atoms with E-state index in [-0.39, 0.29) is 0 Å². The third kappa shape index (κ3) is 5.15. The molecular weight excluding hydrogens is 400 g/mol. The predicted molar refractivity (Wildman–Crippen MR) is 108 cm³/mol. The highest BCUT2D eigenvalue weighted by Crippen LogP contribution is 2.22. The molecule has 0 amide bonds. The third-order valence-electron chi connectivity index (χ3n) is 4.00. The first-order chi connectivity index (χ1) is 12.3. The van der Waals surface area contributed by atoms with Crippen LogP contribution >= 0.6 is 27.3 Å². The Hall–Kier alpha value is -1.67. The number of hydrogen-bond donors (Lipinski definition) is 1. The lowest BCUT2D eigenvalue weighted by Crippen LogP contribution is -2.53. The minimum absolute atomic E-state index is 0.803. The summed E-state index contributed by atoms with van der Waals surface area (Å²) < 4.78 is 1.18. The summed E-state index contributed by atoms with van der Waals surface area (Å²) in [4.78, 5) is 19.4. The van der Waals surface area contributed by atoms with Crippen molar-refractivity contribution >= 4 is 39.2 Å². The lowest BCUT2D eigenvalue weighted by atomic mass is 10.3. The Balaban J connectivity index is 1.55. The average molecular weight is 423 g/mol. The molecule has 1 aliphatic heterocycles. The van der Waals surface area contributed by atoms with Gasteiger partial charge >= 0.3 is 0 Å². The number of aromatic nitrogens is 2. The van der Waals surface area contributed by atoms with Crippen LogP contribution in [0.3, 0.4) is 0 Å². The maximum atomic E-state index is 4.81. The van der Waals surface area contributed by atoms with Gasteiger partial charge in [-0.15, -0.1) is 11.3 Å². The number of nitrogens with zero attached hydrogens (tertiary/aromatic N) is 5. The van der Waals surface area contributed by atoms with Gasteiger partial charge in [0.2, 0.25) is 5.95 Å². The fraction of sp³-hybridized carbons (Fsp3) is 0.471. The molecule has 3 rings (SSSR count). The van der Waals surface area contributed by atoms with Crippen molar-refractivity contribution in [2.75, 3.05) is 44.2 Å². The van der Waals surface area contributed by atoms with Crippen molar-refractivity contribution in [2.24, 2.45) is 4.99 Å². The van der Waals surface area contributed by atoms with E-state index in [1.165, 1.54) is 8.66 Å². The Morgan fingerprint density at radius 1 is 1.24 bits per heavy atom. The summed E-state index contributed by atoms with van der Waals surface area (Å²) in [6.45, 7) is 7.46. The first-order valence-electron chi connectivity index (χ1n) is 8.55. The summed E-state index contributed by atoms with van der Waals surface area (Å²) in [7, 11) is 0. The number of guanidine groups is 1. The highest BCUT2D eigenvalue weighted by Gasteiger charge is 2.20. The van der Waals surface area contributed by atoms with Crippen molar-refractivity contribution in [2.45, 2.75) is 13.3 Å². The number of nitrogens with one attached hydrogen (secondary N) is 1. The van der Waals surface area contributed by atoms with Crippen molar-refractivity contribution in [1.29, 1.82) is 0 Å². The molecule has 2 aromatic rings. The predicted octanol–water partition coefficient (Wildman–Crippen LogP) is 2.63. The van der Waals surface area contributed by atoms with Gasteiger partial charge in [0, 0.05) is 63.0 Å². The van der Waals surface area contributed by atoms with Gasteiger partial charge in [0.25, 0.3) is 0 Å². The molecule has 0 aromatic carbocycles. The molecule has 0 unspecified atom stereocenters. The summed E-state index contributed by atoms with van der Waals surface area (Å²) in [6, 6.07) is 6.11. The molecule has 2 aromatic heterocycles. The van der Waals surface area contributed by atoms with Gasteiger partial charge in [-0.1, -0.05) is 0 Å². The fourth-order valence-electron chi connectivity index (χ4n) is 2.76. The van der Waals surface area contributed by atoms with E-state index in [1.54, 1.807) is 23.7 Å². The molecule has 6 nitrogen and oxygen atoms in total. The number of piperazine rings is 1. The SMILES string of the molecule is CCNC(=NCCc1ccc(Br)s1)N1CCN(c2ncccn2)CC1. The maximum absolute atomic E-state index is 4.81. The molecular formula is C17H23BrN6S. The molecule has 1 fully saturated rings. The van der Waals surface area contributed by atoms with Gasteiger partial charge in [0.1, 0.15) is 0 Å². The average Bonchev–Trinajstić information content (AvgIpc) is 3.07. The highest BCUT2D eigenvalue weighted by atomic mass is 79.9. The molecule has 25 heavy (non-hydrogen) atoms. The van der Waals surface area contributed by atoms with E-state index in [0.717, 1.165) is 57.6 Å². The minimum Gasteiger partial charge on any atom is -0.357 e. The van der Waals surface area contributed by atoms with Crippen LogP contribution in [0.4, 0.5) is 5.95 Å². The summed E-state index contributed by atoms with van der Waals surface area (Å²) in [5.74, 6) is 1.82. The molecule has 0 atom stereocenters. The van der Waals surface area contributed by atoms with E-state index in [2.05, 4.69) is 60.1 Å². The zero-order valence-electron chi connectivity index (χ0n) is 14.4. The van der Waals surface area contributed by atoms with Crippen LogP contribution in [0.15, 0.2) is 39.4 Å². The molecule has 1 N–H and O–H groups in total. The summed E-state index contributed by atoms with van der Waals surface area (Å²) in [5.41, 5.74) is 0. The Bertz CT molecular complexity index is 681. The minimum atomic E-state index is 0.803. The molecule has 0 bridgehead atoms. The van der Waals surface area contributed by atoms with Crippen molar-refractivity contribution in [1.82, 2.24) is 20.2 Å². The maximum Gasteiger partial charge on any atom is 0.225 e. The quantitative estimate of drug-likeness (QED) is 0.592. The van der Waals surface area contributed by atoms with Gasteiger partial charge in [-0.05, 0) is 41.1 Å². The van der Waals surface area contributed by atoms with Crippen LogP contribution in [-0.4, -0.2) is 60.1 Å². The summed E-state index contributed by atoms with van der Waals surface area (Å²) in [5, 5.41) is 3.42. The lowest BCUT2D eigenvalue weighted by Gasteiger charge is -2.36. The number of halogens is 1. The lowest BCUT2D eigenvalue weighted by molar-refractivity contribution is 0.370. The largest absolute Gasteiger partial charge is 0.357 e. The standard InChI is InChI=1S/C17H23BrN6S/c1-2-19-16(22-9-6-14-4-5-15(18)25-14)23-10-12-24(13-11-23)17-20-7-3-8-21-17/h3-5,7-8H,2,6,9-13H2,1H3,(H,19,22). The van der Waals surface area contributed by atoms with E-state index in [1.807, 2.05) is 6.07 Å². The van der Waals surface area contributed by atoms with Crippen molar-refractivity contribution in [3.05, 3.63) is 39.3 Å². The number of thiophene rings is 1. The van der Waals surface area contributed by atoms with Crippen LogP contribution in [0.5, 0.6) is 0 Å². The van der Waals surface area contributed by atoms with Crippen LogP contribution in [0.1, 0.15) is 11.8 Å². The van der Waals surface area contributed by atoms with Crippen LogP contribution < -0.4 is 10.2 Å². The second-order valence-corrected chi connectivity index (χ2v) is 8.26. The van der Waals surface area contributed by atoms with E-state index < -0.39 is 0 Å². The molecule has 0 radical (unpaired) electrons. The van der Waals surface area contributed by atoms with E-state index in [9.17, 15) is 0 Å². The second kappa shape index (κ2) is 9.15.